The fourth-order valence-electron chi connectivity index (χ4n) is 14.0. The zero-order chi connectivity index (χ0) is 77.9. The number of esters is 4. The Morgan fingerprint density at radius 1 is 0.450 bits per heavy atom. The lowest BCUT2D eigenvalue weighted by atomic mass is 9.99. The van der Waals surface area contributed by atoms with Gasteiger partial charge in [0, 0.05) is 123 Å². The molecule has 2 saturated heterocycles. The summed E-state index contributed by atoms with van der Waals surface area (Å²) >= 11 is 0. The number of carbonyl (C=O) groups is 5. The van der Waals surface area contributed by atoms with Crippen molar-refractivity contribution in [2.45, 2.75) is 147 Å². The van der Waals surface area contributed by atoms with Gasteiger partial charge in [0.05, 0.1) is 71.2 Å². The van der Waals surface area contributed by atoms with E-state index in [1.54, 1.807) is 31.7 Å². The molecule has 2 aliphatic heterocycles. The lowest BCUT2D eigenvalue weighted by molar-refractivity contribution is -0.133. The molecule has 0 saturated carbocycles. The van der Waals surface area contributed by atoms with Crippen molar-refractivity contribution in [3.63, 3.8) is 0 Å². The molecule has 0 radical (unpaired) electrons. The molecule has 109 heavy (non-hydrogen) atoms. The smallest absolute Gasteiger partial charge is 0.341 e. The number of anilines is 5. The summed E-state index contributed by atoms with van der Waals surface area (Å²) in [4.78, 5) is 84.1. The summed E-state index contributed by atoms with van der Waals surface area (Å²) in [5.74, 6) is -1.12. The number of nitrogens with one attached hydrogen (secondary N) is 5. The van der Waals surface area contributed by atoms with Crippen LogP contribution in [-0.2, 0) is 30.3 Å². The molecule has 0 atom stereocenters. The van der Waals surface area contributed by atoms with Gasteiger partial charge in [-0.1, -0.05) is 95.1 Å². The fraction of sp³-hybridized carbons (Fsp3) is 0.398. The molecule has 0 unspecified atom stereocenters. The van der Waals surface area contributed by atoms with Crippen LogP contribution in [0.25, 0.3) is 43.6 Å². The lowest BCUT2D eigenvalue weighted by Crippen LogP contribution is -2.40. The van der Waals surface area contributed by atoms with E-state index < -0.39 is 0 Å². The number of benzene rings is 6. The number of aromatic nitrogens is 4. The van der Waals surface area contributed by atoms with Gasteiger partial charge in [-0.2, -0.15) is 0 Å². The number of aryl methyl sites for hydroxylation is 8. The molecule has 1 amide bonds. The van der Waals surface area contributed by atoms with Gasteiger partial charge in [0.25, 0.3) is 0 Å². The number of rotatable bonds is 27. The molecule has 6 aromatic carbocycles. The van der Waals surface area contributed by atoms with Gasteiger partial charge in [0.15, 0.2) is 0 Å². The highest BCUT2D eigenvalue weighted by atomic mass is 16.5. The zero-order valence-electron chi connectivity index (χ0n) is 65.8. The van der Waals surface area contributed by atoms with Gasteiger partial charge in [0.1, 0.15) is 22.3 Å². The normalized spacial score (nSPS) is 12.8. The number of nitrogens with two attached hydrogens (primary N) is 1. The highest BCUT2D eigenvalue weighted by Gasteiger charge is 2.27. The Morgan fingerprint density at radius 3 is 1.26 bits per heavy atom. The second-order valence-electron chi connectivity index (χ2n) is 27.9. The number of hydrogen-bond donors (Lipinski definition) is 6. The van der Waals surface area contributed by atoms with Crippen LogP contribution in [-0.4, -0.2) is 146 Å². The molecule has 10 aromatic rings. The minimum Gasteiger partial charge on any atom is -0.462 e. The number of fused-ring (bicyclic) bond motifs is 4. The Hall–Kier alpha value is -10.8. The standard InChI is InChI=1S/C24H29N3O2.C23H27N3O2.C22H29N3O3.C19H25N3O2/c1-4-29-24(28)21-16-27-22-18(3)13-17(2)14-20(22)23(21)26-12-8-11-25-15-19-9-6-5-7-10-19;1-4-28-23(27)20-15-26-21-17(3)13-16(2)14-19(21)22(20)25-12-8-11-24-18-9-6-5-7-10-18;1-4-28-22(27)18-14-24-20-16(3)12-15(2)13-17(20)21(18)23-9-7-11-25-10-6-5-8-19(25)26;1-4-24-19(23)16-11-21-17-13(3)9-12(2)10-15(17)18(16)22-7-5-14(20)6-8-22/h5-7,9-10,13-14,16,25H,4,8,11-12,15H2,1-3H3,(H,26,27);5-7,9-10,13-15,24H,4,8,11-12H2,1-3H3,(H,25,26);12-14H,4-11H2,1-3H3,(H,23,24);9-11,14H,4-8,20H2,1-3H3. The Balaban J connectivity index is 0.000000168. The van der Waals surface area contributed by atoms with Crippen LogP contribution in [0.3, 0.4) is 0 Å². The number of hydrogen-bond acceptors (Lipinski definition) is 20. The predicted molar refractivity (Wildman–Crippen MR) is 441 cm³/mol. The van der Waals surface area contributed by atoms with Gasteiger partial charge < -0.3 is 61.1 Å². The van der Waals surface area contributed by atoms with Crippen molar-refractivity contribution in [2.24, 2.45) is 5.73 Å². The van der Waals surface area contributed by atoms with Gasteiger partial charge in [-0.15, -0.1) is 0 Å². The lowest BCUT2D eigenvalue weighted by Gasteiger charge is -2.34. The number of pyridine rings is 4. The third-order valence-electron chi connectivity index (χ3n) is 19.1. The summed E-state index contributed by atoms with van der Waals surface area (Å²) in [6, 6.07) is 37.5. The fourth-order valence-corrected chi connectivity index (χ4v) is 14.0. The maximum absolute atomic E-state index is 12.5. The Labute approximate surface area is 642 Å². The maximum atomic E-state index is 12.5. The molecule has 4 aromatic heterocycles. The van der Waals surface area contributed by atoms with E-state index in [0.717, 1.165) is 220 Å². The van der Waals surface area contributed by atoms with E-state index in [9.17, 15) is 24.0 Å². The van der Waals surface area contributed by atoms with Crippen molar-refractivity contribution in [3.8, 4) is 0 Å². The van der Waals surface area contributed by atoms with E-state index >= 15 is 0 Å². The molecular weight excluding hydrogens is 1370 g/mol. The van der Waals surface area contributed by atoms with Gasteiger partial charge in [-0.05, 0) is 199 Å². The van der Waals surface area contributed by atoms with Gasteiger partial charge in [-0.25, -0.2) is 19.2 Å². The molecule has 21 nitrogen and oxygen atoms in total. The number of carbonyl (C=O) groups excluding carboxylic acids is 5. The molecule has 6 heterocycles. The van der Waals surface area contributed by atoms with Crippen molar-refractivity contribution in [1.29, 1.82) is 0 Å². The molecule has 0 bridgehead atoms. The largest absolute Gasteiger partial charge is 0.462 e. The molecule has 21 heteroatoms. The van der Waals surface area contributed by atoms with Gasteiger partial charge in [0.2, 0.25) is 5.91 Å². The molecule has 0 spiro atoms. The summed E-state index contributed by atoms with van der Waals surface area (Å²) in [5, 5.41) is 21.1. The van der Waals surface area contributed by atoms with Crippen LogP contribution in [0.2, 0.25) is 0 Å². The predicted octanol–water partition coefficient (Wildman–Crippen LogP) is 16.4. The summed E-state index contributed by atoms with van der Waals surface area (Å²) in [6.45, 7) is 33.0. The first-order valence-electron chi connectivity index (χ1n) is 38.5. The maximum Gasteiger partial charge on any atom is 0.341 e. The molecule has 0 aliphatic carbocycles. The topological polar surface area (TPSA) is 266 Å². The minimum atomic E-state index is -0.371. The average Bonchev–Trinajstić information content (AvgIpc) is 0.776. The highest BCUT2D eigenvalue weighted by molar-refractivity contribution is 6.09. The van der Waals surface area contributed by atoms with E-state index in [2.05, 4.69) is 140 Å². The van der Waals surface area contributed by atoms with Crippen molar-refractivity contribution in [3.05, 3.63) is 206 Å². The first-order chi connectivity index (χ1) is 52.7. The quantitative estimate of drug-likeness (QED) is 0.0159. The summed E-state index contributed by atoms with van der Waals surface area (Å²) in [7, 11) is 0. The number of ether oxygens (including phenoxy) is 4. The van der Waals surface area contributed by atoms with Crippen LogP contribution >= 0.6 is 0 Å². The minimum absolute atomic E-state index is 0.240. The average molecular weight is 1480 g/mol. The van der Waals surface area contributed by atoms with Crippen LogP contribution < -0.4 is 37.2 Å². The van der Waals surface area contributed by atoms with Crippen molar-refractivity contribution in [2.75, 3.05) is 111 Å². The number of likely N-dealkylation sites (tertiary alicyclic amines) is 1. The van der Waals surface area contributed by atoms with Crippen molar-refractivity contribution >= 4 is 102 Å². The Bertz CT molecular complexity index is 4760. The Kier molecular flexibility index (Phi) is 30.9. The number of nitrogens with zero attached hydrogens (tertiary/aromatic N) is 6. The van der Waals surface area contributed by atoms with Gasteiger partial charge in [-0.3, -0.25) is 24.7 Å². The van der Waals surface area contributed by atoms with Crippen LogP contribution in [0.1, 0.15) is 171 Å². The molecular formula is C88H110N12O9. The van der Waals surface area contributed by atoms with Crippen LogP contribution in [0, 0.1) is 55.4 Å². The van der Waals surface area contributed by atoms with Crippen LogP contribution in [0.5, 0.6) is 0 Å². The first kappa shape index (κ1) is 82.3. The molecule has 2 aliphatic rings. The van der Waals surface area contributed by atoms with E-state index in [1.807, 2.05) is 102 Å². The number of amides is 1. The second kappa shape index (κ2) is 41.0. The Morgan fingerprint density at radius 2 is 0.826 bits per heavy atom. The SMILES string of the molecule is CCOC(=O)c1cnc2c(C)cc(C)cc2c1N1CCC(N)CC1.CCOC(=O)c1cnc2c(C)cc(C)cc2c1NCCCN1CCCCC1=O.CCOC(=O)c1cnc2c(C)cc(C)cc2c1NCCCNCc1ccccc1.CCOC(=O)c1cnc2c(C)cc(C)cc2c1NCCCNc1ccccc1. The van der Waals surface area contributed by atoms with Gasteiger partial charge >= 0.3 is 23.9 Å². The van der Waals surface area contributed by atoms with E-state index in [1.165, 1.54) is 5.56 Å². The van der Waals surface area contributed by atoms with Crippen LogP contribution in [0.15, 0.2) is 134 Å². The van der Waals surface area contributed by atoms with Crippen molar-refractivity contribution in [1.82, 2.24) is 30.2 Å². The molecule has 576 valence electrons. The monoisotopic (exact) mass is 1480 g/mol. The summed E-state index contributed by atoms with van der Waals surface area (Å²) in [5.41, 5.74) is 26.3. The molecule has 2 fully saturated rings. The van der Waals surface area contributed by atoms with Crippen LogP contribution in [0.4, 0.5) is 28.4 Å². The molecule has 12 rings (SSSR count). The van der Waals surface area contributed by atoms with Crippen molar-refractivity contribution < 1.29 is 42.9 Å². The third-order valence-corrected chi connectivity index (χ3v) is 19.1. The second-order valence-corrected chi connectivity index (χ2v) is 27.9. The summed E-state index contributed by atoms with van der Waals surface area (Å²) in [6.07, 6.45) is 13.8. The number of piperidine rings is 2. The first-order valence-corrected chi connectivity index (χ1v) is 38.5. The molecule has 7 N–H and O–H groups in total. The third kappa shape index (κ3) is 22.4. The van der Waals surface area contributed by atoms with E-state index in [0.29, 0.717) is 61.6 Å². The highest BCUT2D eigenvalue weighted by Crippen LogP contribution is 2.36. The zero-order valence-corrected chi connectivity index (χ0v) is 65.8. The number of para-hydroxylation sites is 1. The summed E-state index contributed by atoms with van der Waals surface area (Å²) < 4.78 is 21.0. The van der Waals surface area contributed by atoms with E-state index in [-0.39, 0.29) is 35.8 Å². The van der Waals surface area contributed by atoms with E-state index in [4.69, 9.17) is 24.7 Å².